The molecule has 0 heterocycles. The zero-order valence-corrected chi connectivity index (χ0v) is 13.0. The molecule has 0 aromatic heterocycles. The number of halogens is 3. The smallest absolute Gasteiger partial charge is 0.416 e. The average Bonchev–Trinajstić information content (AvgIpc) is 2.52. The Morgan fingerprint density at radius 2 is 1.88 bits per heavy atom. The quantitative estimate of drug-likeness (QED) is 0.802. The van der Waals surface area contributed by atoms with E-state index in [2.05, 4.69) is 10.6 Å². The van der Waals surface area contributed by atoms with Gasteiger partial charge in [-0.15, -0.1) is 0 Å². The highest BCUT2D eigenvalue weighted by Crippen LogP contribution is 2.30. The molecule has 0 spiro atoms. The molecular weight excluding hydrogens is 321 g/mol. The summed E-state index contributed by atoms with van der Waals surface area (Å²) in [4.78, 5) is 11.7. The third-order valence-electron chi connectivity index (χ3n) is 3.19. The van der Waals surface area contributed by atoms with E-state index in [1.54, 1.807) is 0 Å². The highest BCUT2D eigenvalue weighted by molar-refractivity contribution is 5.89. The molecule has 0 radical (unpaired) electrons. The standard InChI is InChI=1S/C17H17F3N2O2/c1-12-5-2-3-8-15(12)24-10-9-21-16(23)22-14-7-4-6-13(11-14)17(18,19)20/h2-8,11H,9-10H2,1H3,(H2,21,22,23). The number of ether oxygens (including phenoxy) is 1. The van der Waals surface area contributed by atoms with E-state index in [9.17, 15) is 18.0 Å². The van der Waals surface area contributed by atoms with Crippen LogP contribution in [0.5, 0.6) is 5.75 Å². The number of carbonyl (C=O) groups excluding carboxylic acids is 1. The van der Waals surface area contributed by atoms with Crippen molar-refractivity contribution in [3.63, 3.8) is 0 Å². The van der Waals surface area contributed by atoms with E-state index in [4.69, 9.17) is 4.74 Å². The fraction of sp³-hybridized carbons (Fsp3) is 0.235. The number of nitrogens with one attached hydrogen (secondary N) is 2. The van der Waals surface area contributed by atoms with Gasteiger partial charge >= 0.3 is 12.2 Å². The van der Waals surface area contributed by atoms with Gasteiger partial charge in [-0.1, -0.05) is 24.3 Å². The van der Waals surface area contributed by atoms with Crippen LogP contribution in [0.15, 0.2) is 48.5 Å². The maximum atomic E-state index is 12.6. The van der Waals surface area contributed by atoms with E-state index < -0.39 is 17.8 Å². The third kappa shape index (κ3) is 5.19. The molecule has 2 aromatic rings. The van der Waals surface area contributed by atoms with E-state index in [0.717, 1.165) is 23.4 Å². The van der Waals surface area contributed by atoms with Gasteiger partial charge in [-0.25, -0.2) is 4.79 Å². The summed E-state index contributed by atoms with van der Waals surface area (Å²) in [6.07, 6.45) is -4.45. The molecule has 0 atom stereocenters. The van der Waals surface area contributed by atoms with Crippen molar-refractivity contribution in [3.05, 3.63) is 59.7 Å². The first-order chi connectivity index (χ1) is 11.4. The average molecular weight is 338 g/mol. The minimum atomic E-state index is -4.45. The Hall–Kier alpha value is -2.70. The number of hydrogen-bond donors (Lipinski definition) is 2. The number of anilines is 1. The molecule has 0 aliphatic carbocycles. The van der Waals surface area contributed by atoms with E-state index in [1.807, 2.05) is 31.2 Å². The van der Waals surface area contributed by atoms with Crippen LogP contribution >= 0.6 is 0 Å². The van der Waals surface area contributed by atoms with Crippen LogP contribution in [0.25, 0.3) is 0 Å². The maximum Gasteiger partial charge on any atom is 0.416 e. The molecule has 0 aliphatic rings. The molecule has 2 aromatic carbocycles. The van der Waals surface area contributed by atoms with Gasteiger partial charge in [-0.05, 0) is 36.8 Å². The second-order valence-corrected chi connectivity index (χ2v) is 5.07. The van der Waals surface area contributed by atoms with Gasteiger partial charge in [0.05, 0.1) is 12.1 Å². The molecule has 24 heavy (non-hydrogen) atoms. The van der Waals surface area contributed by atoms with Crippen molar-refractivity contribution in [2.24, 2.45) is 0 Å². The predicted octanol–water partition coefficient (Wildman–Crippen LogP) is 4.21. The van der Waals surface area contributed by atoms with Gasteiger partial charge in [0, 0.05) is 5.69 Å². The van der Waals surface area contributed by atoms with E-state index >= 15 is 0 Å². The van der Waals surface area contributed by atoms with Crippen molar-refractivity contribution in [3.8, 4) is 5.75 Å². The first-order valence-corrected chi connectivity index (χ1v) is 7.27. The molecule has 2 rings (SSSR count). The molecule has 2 N–H and O–H groups in total. The molecule has 0 unspecified atom stereocenters. The van der Waals surface area contributed by atoms with Crippen LogP contribution in [-0.2, 0) is 6.18 Å². The van der Waals surface area contributed by atoms with Gasteiger partial charge in [0.15, 0.2) is 0 Å². The molecular formula is C17H17F3N2O2. The Bertz CT molecular complexity index is 702. The first kappa shape index (κ1) is 17.7. The van der Waals surface area contributed by atoms with Crippen molar-refractivity contribution in [1.29, 1.82) is 0 Å². The zero-order valence-electron chi connectivity index (χ0n) is 13.0. The number of amides is 2. The van der Waals surface area contributed by atoms with Crippen LogP contribution in [0.3, 0.4) is 0 Å². The Morgan fingerprint density at radius 1 is 1.12 bits per heavy atom. The SMILES string of the molecule is Cc1ccccc1OCCNC(=O)Nc1cccc(C(F)(F)F)c1. The van der Waals surface area contributed by atoms with E-state index in [-0.39, 0.29) is 18.8 Å². The van der Waals surface area contributed by atoms with Crippen molar-refractivity contribution in [2.75, 3.05) is 18.5 Å². The zero-order chi connectivity index (χ0) is 17.6. The summed E-state index contributed by atoms with van der Waals surface area (Å²) >= 11 is 0. The number of hydrogen-bond acceptors (Lipinski definition) is 2. The molecule has 2 amide bonds. The molecule has 7 heteroatoms. The summed E-state index contributed by atoms with van der Waals surface area (Å²) in [7, 11) is 0. The van der Waals surface area contributed by atoms with Gasteiger partial charge in [0.1, 0.15) is 12.4 Å². The third-order valence-corrected chi connectivity index (χ3v) is 3.19. The Kier molecular flexibility index (Phi) is 5.68. The molecule has 0 saturated carbocycles. The fourth-order valence-electron chi connectivity index (χ4n) is 1.99. The lowest BCUT2D eigenvalue weighted by molar-refractivity contribution is -0.137. The van der Waals surface area contributed by atoms with Gasteiger partial charge in [0.25, 0.3) is 0 Å². The minimum absolute atomic E-state index is 0.0714. The van der Waals surface area contributed by atoms with Crippen molar-refractivity contribution < 1.29 is 22.7 Å². The lowest BCUT2D eigenvalue weighted by Gasteiger charge is -2.12. The number of carbonyl (C=O) groups is 1. The first-order valence-electron chi connectivity index (χ1n) is 7.27. The highest BCUT2D eigenvalue weighted by Gasteiger charge is 2.30. The van der Waals surface area contributed by atoms with Gasteiger partial charge < -0.3 is 15.4 Å². The van der Waals surface area contributed by atoms with Crippen LogP contribution in [0.1, 0.15) is 11.1 Å². The predicted molar refractivity (Wildman–Crippen MR) is 85.1 cm³/mol. The number of rotatable bonds is 5. The van der Waals surface area contributed by atoms with Gasteiger partial charge in [-0.2, -0.15) is 13.2 Å². The molecule has 0 bridgehead atoms. The number of benzene rings is 2. The van der Waals surface area contributed by atoms with Crippen LogP contribution in [-0.4, -0.2) is 19.2 Å². The minimum Gasteiger partial charge on any atom is -0.491 e. The molecule has 0 aliphatic heterocycles. The largest absolute Gasteiger partial charge is 0.491 e. The summed E-state index contributed by atoms with van der Waals surface area (Å²) in [6, 6.07) is 11.3. The number of para-hydroxylation sites is 1. The topological polar surface area (TPSA) is 50.4 Å². The lowest BCUT2D eigenvalue weighted by Crippen LogP contribution is -2.32. The number of urea groups is 1. The van der Waals surface area contributed by atoms with Gasteiger partial charge in [-0.3, -0.25) is 0 Å². The molecule has 0 saturated heterocycles. The van der Waals surface area contributed by atoms with Crippen LogP contribution < -0.4 is 15.4 Å². The Morgan fingerprint density at radius 3 is 2.58 bits per heavy atom. The van der Waals surface area contributed by atoms with Crippen LogP contribution in [0.2, 0.25) is 0 Å². The van der Waals surface area contributed by atoms with Crippen molar-refractivity contribution >= 4 is 11.7 Å². The number of aryl methyl sites for hydroxylation is 1. The lowest BCUT2D eigenvalue weighted by atomic mass is 10.2. The monoisotopic (exact) mass is 338 g/mol. The normalized spacial score (nSPS) is 11.0. The van der Waals surface area contributed by atoms with Gasteiger partial charge in [0.2, 0.25) is 0 Å². The summed E-state index contributed by atoms with van der Waals surface area (Å²) in [5, 5.41) is 4.88. The molecule has 4 nitrogen and oxygen atoms in total. The summed E-state index contributed by atoms with van der Waals surface area (Å²) in [5.41, 5.74) is 0.233. The fourth-order valence-corrected chi connectivity index (χ4v) is 1.99. The Labute approximate surface area is 137 Å². The summed E-state index contributed by atoms with van der Waals surface area (Å²) < 4.78 is 43.3. The van der Waals surface area contributed by atoms with Crippen molar-refractivity contribution in [1.82, 2.24) is 5.32 Å². The number of alkyl halides is 3. The molecule has 128 valence electrons. The Balaban J connectivity index is 1.79. The summed E-state index contributed by atoms with van der Waals surface area (Å²) in [6.45, 7) is 2.38. The molecule has 0 fully saturated rings. The second kappa shape index (κ2) is 7.72. The van der Waals surface area contributed by atoms with Crippen LogP contribution in [0, 0.1) is 6.92 Å². The van der Waals surface area contributed by atoms with E-state index in [0.29, 0.717) is 0 Å². The highest BCUT2D eigenvalue weighted by atomic mass is 19.4. The van der Waals surface area contributed by atoms with Crippen molar-refractivity contribution in [2.45, 2.75) is 13.1 Å². The van der Waals surface area contributed by atoms with Crippen LogP contribution in [0.4, 0.5) is 23.7 Å². The second-order valence-electron chi connectivity index (χ2n) is 5.07. The van der Waals surface area contributed by atoms with E-state index in [1.165, 1.54) is 12.1 Å². The summed E-state index contributed by atoms with van der Waals surface area (Å²) in [5.74, 6) is 0.720. The maximum absolute atomic E-state index is 12.6.